The number of nitrogens with zero attached hydrogens (tertiary/aromatic N) is 4. The van der Waals surface area contributed by atoms with Gasteiger partial charge in [0.1, 0.15) is 6.33 Å². The number of hydrogen-bond acceptors (Lipinski definition) is 3. The van der Waals surface area contributed by atoms with Crippen LogP contribution in [-0.2, 0) is 4.79 Å². The number of hydrogen-bond donors (Lipinski definition) is 0. The Hall–Kier alpha value is -1.85. The molecule has 1 saturated carbocycles. The van der Waals surface area contributed by atoms with Crippen LogP contribution in [0.2, 0.25) is 0 Å². The molecule has 2 heterocycles. The summed E-state index contributed by atoms with van der Waals surface area (Å²) in [6, 6.07) is -0.0639. The smallest absolute Gasteiger partial charge is 0.329 e. The number of aromatic nitrogens is 2. The van der Waals surface area contributed by atoms with Gasteiger partial charge in [0.25, 0.3) is 0 Å². The van der Waals surface area contributed by atoms with Crippen molar-refractivity contribution >= 4 is 11.9 Å². The summed E-state index contributed by atoms with van der Waals surface area (Å²) in [5.41, 5.74) is 0. The first kappa shape index (κ1) is 11.3. The van der Waals surface area contributed by atoms with Crippen LogP contribution in [-0.4, -0.2) is 57.5 Å². The Balaban J connectivity index is 1.56. The first-order valence-corrected chi connectivity index (χ1v) is 6.32. The van der Waals surface area contributed by atoms with Gasteiger partial charge in [-0.3, -0.25) is 9.36 Å². The first-order chi connectivity index (χ1) is 8.75. The molecule has 2 fully saturated rings. The first-order valence-electron chi connectivity index (χ1n) is 6.32. The Labute approximate surface area is 105 Å². The molecule has 1 aliphatic heterocycles. The molecule has 0 radical (unpaired) electrons. The minimum atomic E-state index is -0.0639. The Morgan fingerprint density at radius 1 is 1.06 bits per heavy atom. The summed E-state index contributed by atoms with van der Waals surface area (Å²) in [7, 11) is 0. The van der Waals surface area contributed by atoms with E-state index in [2.05, 4.69) is 4.98 Å². The molecule has 18 heavy (non-hydrogen) atoms. The zero-order valence-electron chi connectivity index (χ0n) is 10.2. The third-order valence-electron chi connectivity index (χ3n) is 3.51. The third kappa shape index (κ3) is 2.10. The van der Waals surface area contributed by atoms with Crippen molar-refractivity contribution in [3.05, 3.63) is 18.7 Å². The van der Waals surface area contributed by atoms with Gasteiger partial charge in [-0.05, 0) is 12.8 Å². The van der Waals surface area contributed by atoms with E-state index in [1.54, 1.807) is 17.3 Å². The van der Waals surface area contributed by atoms with Gasteiger partial charge in [0.2, 0.25) is 5.91 Å². The molecule has 1 aliphatic carbocycles. The molecule has 1 saturated heterocycles. The molecule has 3 rings (SSSR count). The van der Waals surface area contributed by atoms with E-state index in [9.17, 15) is 9.59 Å². The average Bonchev–Trinajstić information content (AvgIpc) is 3.12. The molecule has 0 N–H and O–H groups in total. The van der Waals surface area contributed by atoms with E-state index in [0.29, 0.717) is 26.2 Å². The maximum Gasteiger partial charge on any atom is 0.329 e. The van der Waals surface area contributed by atoms with Crippen LogP contribution in [0.3, 0.4) is 0 Å². The predicted octanol–water partition coefficient (Wildman–Crippen LogP) is 0.405. The van der Waals surface area contributed by atoms with Crippen LogP contribution >= 0.6 is 0 Å². The highest BCUT2D eigenvalue weighted by Gasteiger charge is 2.35. The molecule has 0 atom stereocenters. The second kappa shape index (κ2) is 4.44. The maximum absolute atomic E-state index is 12.0. The molecule has 0 bridgehead atoms. The minimum absolute atomic E-state index is 0.0639. The van der Waals surface area contributed by atoms with E-state index in [0.717, 1.165) is 12.8 Å². The maximum atomic E-state index is 12.0. The highest BCUT2D eigenvalue weighted by Crippen LogP contribution is 2.31. The summed E-state index contributed by atoms with van der Waals surface area (Å²) in [6.07, 6.45) is 6.80. The lowest BCUT2D eigenvalue weighted by molar-refractivity contribution is -0.133. The van der Waals surface area contributed by atoms with Crippen LogP contribution in [0.15, 0.2) is 18.7 Å². The van der Waals surface area contributed by atoms with Crippen molar-refractivity contribution in [1.82, 2.24) is 19.4 Å². The molecule has 1 aromatic rings. The quantitative estimate of drug-likeness (QED) is 0.723. The van der Waals surface area contributed by atoms with Gasteiger partial charge in [-0.15, -0.1) is 0 Å². The number of rotatable bonds is 1. The van der Waals surface area contributed by atoms with Crippen molar-refractivity contribution < 1.29 is 9.59 Å². The fraction of sp³-hybridized carbons (Fsp3) is 0.583. The van der Waals surface area contributed by atoms with E-state index in [4.69, 9.17) is 0 Å². The largest absolute Gasteiger partial charge is 0.339 e. The molecule has 0 aromatic carbocycles. The lowest BCUT2D eigenvalue weighted by Gasteiger charge is -2.34. The molecule has 1 aromatic heterocycles. The van der Waals surface area contributed by atoms with Crippen molar-refractivity contribution in [3.63, 3.8) is 0 Å². The molecule has 0 unspecified atom stereocenters. The van der Waals surface area contributed by atoms with E-state index >= 15 is 0 Å². The summed E-state index contributed by atoms with van der Waals surface area (Å²) in [5, 5.41) is 0. The number of imidazole rings is 1. The molecule has 0 spiro atoms. The highest BCUT2D eigenvalue weighted by atomic mass is 16.2. The second-order valence-corrected chi connectivity index (χ2v) is 4.84. The van der Waals surface area contributed by atoms with Crippen molar-refractivity contribution in [2.75, 3.05) is 26.2 Å². The molecule has 2 aliphatic rings. The minimum Gasteiger partial charge on any atom is -0.339 e. The van der Waals surface area contributed by atoms with Gasteiger partial charge >= 0.3 is 6.03 Å². The van der Waals surface area contributed by atoms with Gasteiger partial charge < -0.3 is 9.80 Å². The molecule has 96 valence electrons. The van der Waals surface area contributed by atoms with Crippen molar-refractivity contribution in [2.24, 2.45) is 5.92 Å². The van der Waals surface area contributed by atoms with Crippen LogP contribution in [0.25, 0.3) is 0 Å². The normalized spacial score (nSPS) is 20.0. The van der Waals surface area contributed by atoms with Crippen LogP contribution in [0.5, 0.6) is 0 Å². The van der Waals surface area contributed by atoms with E-state index in [1.807, 2.05) is 4.90 Å². The lowest BCUT2D eigenvalue weighted by atomic mass is 10.3. The van der Waals surface area contributed by atoms with E-state index in [1.165, 1.54) is 10.9 Å². The number of carbonyl (C=O) groups is 2. The predicted molar refractivity (Wildman–Crippen MR) is 63.9 cm³/mol. The van der Waals surface area contributed by atoms with Crippen LogP contribution in [0.4, 0.5) is 4.79 Å². The van der Waals surface area contributed by atoms with Crippen LogP contribution < -0.4 is 0 Å². The van der Waals surface area contributed by atoms with Gasteiger partial charge in [-0.25, -0.2) is 9.78 Å². The fourth-order valence-electron chi connectivity index (χ4n) is 2.24. The van der Waals surface area contributed by atoms with Crippen LogP contribution in [0, 0.1) is 5.92 Å². The molecule has 2 amide bonds. The van der Waals surface area contributed by atoms with E-state index in [-0.39, 0.29) is 17.9 Å². The summed E-state index contributed by atoms with van der Waals surface area (Å²) < 4.78 is 1.47. The van der Waals surface area contributed by atoms with Crippen LogP contribution in [0.1, 0.15) is 12.8 Å². The molecular formula is C12H16N4O2. The summed E-state index contributed by atoms with van der Waals surface area (Å²) in [4.78, 5) is 31.4. The Kier molecular flexibility index (Phi) is 2.77. The molecular weight excluding hydrogens is 232 g/mol. The van der Waals surface area contributed by atoms with Crippen molar-refractivity contribution in [3.8, 4) is 0 Å². The topological polar surface area (TPSA) is 58.4 Å². The zero-order chi connectivity index (χ0) is 12.5. The Bertz CT molecular complexity index is 445. The lowest BCUT2D eigenvalue weighted by Crippen LogP contribution is -2.51. The monoisotopic (exact) mass is 248 g/mol. The van der Waals surface area contributed by atoms with Gasteiger partial charge in [0, 0.05) is 44.5 Å². The fourth-order valence-corrected chi connectivity index (χ4v) is 2.24. The Morgan fingerprint density at radius 3 is 2.28 bits per heavy atom. The summed E-state index contributed by atoms with van der Waals surface area (Å²) in [6.45, 7) is 2.51. The summed E-state index contributed by atoms with van der Waals surface area (Å²) in [5.74, 6) is 0.533. The van der Waals surface area contributed by atoms with Crippen molar-refractivity contribution in [2.45, 2.75) is 12.8 Å². The van der Waals surface area contributed by atoms with Crippen molar-refractivity contribution in [1.29, 1.82) is 0 Å². The second-order valence-electron chi connectivity index (χ2n) is 4.84. The number of amides is 2. The molecule has 6 nitrogen and oxygen atoms in total. The molecule has 6 heteroatoms. The summed E-state index contributed by atoms with van der Waals surface area (Å²) >= 11 is 0. The SMILES string of the molecule is O=C(C1CC1)N1CCN(C(=O)n2ccnc2)CC1. The third-order valence-corrected chi connectivity index (χ3v) is 3.51. The van der Waals surface area contributed by atoms with Gasteiger partial charge in [0.05, 0.1) is 0 Å². The number of carbonyl (C=O) groups excluding carboxylic acids is 2. The van der Waals surface area contributed by atoms with Gasteiger partial charge in [-0.2, -0.15) is 0 Å². The zero-order valence-corrected chi connectivity index (χ0v) is 10.2. The van der Waals surface area contributed by atoms with Gasteiger partial charge in [0.15, 0.2) is 0 Å². The standard InChI is InChI=1S/C12H16N4O2/c17-11(10-1-2-10)14-5-7-15(8-6-14)12(18)16-4-3-13-9-16/h3-4,9-10H,1-2,5-8H2. The van der Waals surface area contributed by atoms with Gasteiger partial charge in [-0.1, -0.05) is 0 Å². The number of piperazine rings is 1. The Morgan fingerprint density at radius 2 is 1.72 bits per heavy atom. The van der Waals surface area contributed by atoms with E-state index < -0.39 is 0 Å². The average molecular weight is 248 g/mol. The highest BCUT2D eigenvalue weighted by molar-refractivity contribution is 5.82.